The molecule has 1 aliphatic carbocycles. The van der Waals surface area contributed by atoms with Crippen LogP contribution in [0.5, 0.6) is 17.2 Å². The molecule has 6 nitrogen and oxygen atoms in total. The Hall–Kier alpha value is -2.54. The molecule has 0 bridgehead atoms. The van der Waals surface area contributed by atoms with Gasteiger partial charge in [-0.05, 0) is 43.4 Å². The van der Waals surface area contributed by atoms with Crippen molar-refractivity contribution in [1.82, 2.24) is 5.43 Å². The molecule has 0 fully saturated rings. The van der Waals surface area contributed by atoms with Gasteiger partial charge in [-0.25, -0.2) is 5.43 Å². The molecular formula is C18H20N2O4S. The molecule has 132 valence electrons. The number of hydrazone groups is 1. The van der Waals surface area contributed by atoms with E-state index in [4.69, 9.17) is 9.47 Å². The van der Waals surface area contributed by atoms with Gasteiger partial charge in [0.25, 0.3) is 5.91 Å². The average Bonchev–Trinajstić information content (AvgIpc) is 3.07. The highest BCUT2D eigenvalue weighted by atomic mass is 32.1. The fourth-order valence-electron chi connectivity index (χ4n) is 2.90. The minimum Gasteiger partial charge on any atom is -0.502 e. The number of ether oxygens (including phenoxy) is 2. The van der Waals surface area contributed by atoms with Crippen molar-refractivity contribution in [3.8, 4) is 17.2 Å². The average molecular weight is 360 g/mol. The number of phenols is 1. The van der Waals surface area contributed by atoms with Gasteiger partial charge in [0.1, 0.15) is 0 Å². The van der Waals surface area contributed by atoms with Crippen molar-refractivity contribution in [1.29, 1.82) is 0 Å². The quantitative estimate of drug-likeness (QED) is 0.634. The Balaban J connectivity index is 1.73. The second-order valence-corrected chi connectivity index (χ2v) is 6.70. The highest BCUT2D eigenvalue weighted by Crippen LogP contribution is 2.36. The van der Waals surface area contributed by atoms with Crippen LogP contribution in [0.15, 0.2) is 22.6 Å². The number of amides is 1. The lowest BCUT2D eigenvalue weighted by Gasteiger charge is -2.11. The maximum Gasteiger partial charge on any atom is 0.272 e. The summed E-state index contributed by atoms with van der Waals surface area (Å²) in [6, 6.07) is 3.22. The fourth-order valence-corrected chi connectivity index (χ4v) is 4.02. The van der Waals surface area contributed by atoms with Crippen molar-refractivity contribution in [2.24, 2.45) is 5.10 Å². The minimum absolute atomic E-state index is 0.0731. The van der Waals surface area contributed by atoms with Crippen molar-refractivity contribution in [2.45, 2.75) is 25.7 Å². The Morgan fingerprint density at radius 3 is 2.60 bits per heavy atom. The van der Waals surface area contributed by atoms with Gasteiger partial charge in [0.05, 0.1) is 26.0 Å². The van der Waals surface area contributed by atoms with Gasteiger partial charge in [0.2, 0.25) is 5.75 Å². The number of benzene rings is 1. The Morgan fingerprint density at radius 2 is 1.92 bits per heavy atom. The van der Waals surface area contributed by atoms with E-state index in [2.05, 4.69) is 10.5 Å². The number of phenolic OH excluding ortho intramolecular Hbond substituents is 1. The molecule has 0 saturated heterocycles. The maximum atomic E-state index is 12.4. The van der Waals surface area contributed by atoms with E-state index in [-0.39, 0.29) is 23.2 Å². The van der Waals surface area contributed by atoms with Crippen LogP contribution in [-0.2, 0) is 12.8 Å². The third-order valence-corrected chi connectivity index (χ3v) is 5.28. The lowest BCUT2D eigenvalue weighted by atomic mass is 9.96. The number of carbonyl (C=O) groups excluding carboxylic acids is 1. The number of aryl methyl sites for hydroxylation is 1. The first-order chi connectivity index (χ1) is 12.1. The molecule has 2 N–H and O–H groups in total. The molecule has 0 radical (unpaired) electrons. The summed E-state index contributed by atoms with van der Waals surface area (Å²) in [5.41, 5.74) is 5.09. The summed E-state index contributed by atoms with van der Waals surface area (Å²) < 4.78 is 10.2. The van der Waals surface area contributed by atoms with Gasteiger partial charge < -0.3 is 14.6 Å². The van der Waals surface area contributed by atoms with E-state index in [1.165, 1.54) is 31.7 Å². The number of nitrogens with zero attached hydrogens (tertiary/aromatic N) is 1. The van der Waals surface area contributed by atoms with Crippen molar-refractivity contribution in [3.63, 3.8) is 0 Å². The van der Waals surface area contributed by atoms with E-state index >= 15 is 0 Å². The summed E-state index contributed by atoms with van der Waals surface area (Å²) in [6.45, 7) is 0. The lowest BCUT2D eigenvalue weighted by Crippen LogP contribution is -2.19. The second kappa shape index (κ2) is 7.57. The highest BCUT2D eigenvalue weighted by molar-refractivity contribution is 7.10. The molecule has 2 aromatic rings. The molecule has 0 aliphatic heterocycles. The zero-order chi connectivity index (χ0) is 17.8. The topological polar surface area (TPSA) is 80.2 Å². The maximum absolute atomic E-state index is 12.4. The van der Waals surface area contributed by atoms with Crippen LogP contribution in [0.4, 0.5) is 0 Å². The Kier molecular flexibility index (Phi) is 5.23. The first-order valence-corrected chi connectivity index (χ1v) is 8.89. The van der Waals surface area contributed by atoms with E-state index in [0.717, 1.165) is 30.4 Å². The summed E-state index contributed by atoms with van der Waals surface area (Å²) in [5, 5.41) is 15.8. The molecule has 3 rings (SSSR count). The Labute approximate surface area is 150 Å². The zero-order valence-electron chi connectivity index (χ0n) is 14.2. The van der Waals surface area contributed by atoms with Gasteiger partial charge >= 0.3 is 0 Å². The van der Waals surface area contributed by atoms with Crippen LogP contribution in [0.25, 0.3) is 0 Å². The van der Waals surface area contributed by atoms with Gasteiger partial charge in [0, 0.05) is 15.8 Å². The predicted octanol–water partition coefficient (Wildman–Crippen LogP) is 3.11. The van der Waals surface area contributed by atoms with Crippen molar-refractivity contribution < 1.29 is 19.4 Å². The first kappa shape index (κ1) is 17.3. The SMILES string of the molecule is COc1cc(/C=N\NC(=O)c2csc3c2CCCC3)cc(OC)c1O. The van der Waals surface area contributed by atoms with Crippen LogP contribution < -0.4 is 14.9 Å². The number of nitrogens with one attached hydrogen (secondary N) is 1. The summed E-state index contributed by atoms with van der Waals surface area (Å²) in [6.07, 6.45) is 5.82. The normalized spacial score (nSPS) is 13.5. The number of methoxy groups -OCH3 is 2. The van der Waals surface area contributed by atoms with Crippen LogP contribution in [0.1, 0.15) is 39.2 Å². The van der Waals surface area contributed by atoms with Gasteiger partial charge in [-0.2, -0.15) is 5.10 Å². The summed E-state index contributed by atoms with van der Waals surface area (Å²) in [4.78, 5) is 13.7. The molecule has 25 heavy (non-hydrogen) atoms. The molecule has 0 spiro atoms. The number of rotatable bonds is 5. The lowest BCUT2D eigenvalue weighted by molar-refractivity contribution is 0.0954. The monoisotopic (exact) mass is 360 g/mol. The molecular weight excluding hydrogens is 340 g/mol. The fraction of sp³-hybridized carbons (Fsp3) is 0.333. The molecule has 0 saturated carbocycles. The van der Waals surface area contributed by atoms with Gasteiger partial charge in [0.15, 0.2) is 11.5 Å². The number of aromatic hydroxyl groups is 1. The molecule has 7 heteroatoms. The van der Waals surface area contributed by atoms with E-state index in [1.807, 2.05) is 5.38 Å². The van der Waals surface area contributed by atoms with Crippen LogP contribution in [0.2, 0.25) is 0 Å². The molecule has 0 atom stereocenters. The van der Waals surface area contributed by atoms with E-state index < -0.39 is 0 Å². The van der Waals surface area contributed by atoms with Gasteiger partial charge in [-0.1, -0.05) is 0 Å². The van der Waals surface area contributed by atoms with Crippen molar-refractivity contribution in [2.75, 3.05) is 14.2 Å². The summed E-state index contributed by atoms with van der Waals surface area (Å²) in [5.74, 6) is 0.280. The van der Waals surface area contributed by atoms with Crippen molar-refractivity contribution >= 4 is 23.5 Å². The van der Waals surface area contributed by atoms with Gasteiger partial charge in [-0.15, -0.1) is 11.3 Å². The molecule has 1 aromatic heterocycles. The van der Waals surface area contributed by atoms with Crippen molar-refractivity contribution in [3.05, 3.63) is 39.1 Å². The number of carbonyl (C=O) groups is 1. The molecule has 1 heterocycles. The summed E-state index contributed by atoms with van der Waals surface area (Å²) >= 11 is 1.65. The van der Waals surface area contributed by atoms with Crippen LogP contribution in [0.3, 0.4) is 0 Å². The van der Waals surface area contributed by atoms with E-state index in [0.29, 0.717) is 5.56 Å². The number of fused-ring (bicyclic) bond motifs is 1. The zero-order valence-corrected chi connectivity index (χ0v) is 15.0. The largest absolute Gasteiger partial charge is 0.502 e. The molecule has 0 unspecified atom stereocenters. The van der Waals surface area contributed by atoms with Crippen LogP contribution in [0, 0.1) is 0 Å². The molecule has 1 amide bonds. The third-order valence-electron chi connectivity index (χ3n) is 4.19. The Bertz CT molecular complexity index is 788. The van der Waals surface area contributed by atoms with E-state index in [9.17, 15) is 9.90 Å². The van der Waals surface area contributed by atoms with E-state index in [1.54, 1.807) is 23.5 Å². The molecule has 1 aromatic carbocycles. The predicted molar refractivity (Wildman–Crippen MR) is 97.2 cm³/mol. The third kappa shape index (κ3) is 3.61. The van der Waals surface area contributed by atoms with Crippen LogP contribution >= 0.6 is 11.3 Å². The van der Waals surface area contributed by atoms with Gasteiger partial charge in [-0.3, -0.25) is 4.79 Å². The number of thiophene rings is 1. The first-order valence-electron chi connectivity index (χ1n) is 8.01. The second-order valence-electron chi connectivity index (χ2n) is 5.73. The summed E-state index contributed by atoms with van der Waals surface area (Å²) in [7, 11) is 2.91. The Morgan fingerprint density at radius 1 is 1.24 bits per heavy atom. The standard InChI is InChI=1S/C18H20N2O4S/c1-23-14-7-11(8-15(24-2)17(14)21)9-19-20-18(22)13-10-25-16-6-4-3-5-12(13)16/h7-10,21H,3-6H2,1-2H3,(H,20,22)/b19-9-. The number of hydrogen-bond acceptors (Lipinski definition) is 6. The molecule has 1 aliphatic rings. The highest BCUT2D eigenvalue weighted by Gasteiger charge is 2.19. The number of hydrogen-bond donors (Lipinski definition) is 2. The minimum atomic E-state index is -0.201. The smallest absolute Gasteiger partial charge is 0.272 e. The van der Waals surface area contributed by atoms with Crippen LogP contribution in [-0.4, -0.2) is 31.4 Å².